The van der Waals surface area contributed by atoms with Gasteiger partial charge in [0.1, 0.15) is 0 Å². The van der Waals surface area contributed by atoms with E-state index in [1.807, 2.05) is 0 Å². The number of aromatic nitrogens is 2. The van der Waals surface area contributed by atoms with Gasteiger partial charge in [0.25, 0.3) is 0 Å². The molecule has 28 heavy (non-hydrogen) atoms. The topological polar surface area (TPSA) is 95.3 Å². The third-order valence-corrected chi connectivity index (χ3v) is 8.74. The average molecular weight is 461 g/mol. The molecule has 0 bridgehead atoms. The molecular formula is C20H24AsN3O3S. The minimum atomic E-state index is -4.87. The number of thiophene rings is 1. The molecule has 0 spiro atoms. The second-order valence-corrected chi connectivity index (χ2v) is 12.9. The molecule has 1 aliphatic carbocycles. The van der Waals surface area contributed by atoms with Crippen LogP contribution < -0.4 is 9.67 Å². The molecule has 2 aromatic heterocycles. The molecule has 0 amide bonds. The van der Waals surface area contributed by atoms with Crippen molar-refractivity contribution in [3.63, 3.8) is 0 Å². The second kappa shape index (κ2) is 6.99. The van der Waals surface area contributed by atoms with Gasteiger partial charge >= 0.3 is 150 Å². The Bertz CT molecular complexity index is 1070. The maximum atomic E-state index is 11.4. The summed E-state index contributed by atoms with van der Waals surface area (Å²) in [5.41, 5.74) is 2.39. The molecule has 4 rings (SSSR count). The third-order valence-electron chi connectivity index (χ3n) is 5.54. The van der Waals surface area contributed by atoms with Crippen molar-refractivity contribution in [1.29, 1.82) is 0 Å². The number of rotatable bonds is 3. The summed E-state index contributed by atoms with van der Waals surface area (Å²) >= 11 is -3.11. The Morgan fingerprint density at radius 1 is 1.18 bits per heavy atom. The third kappa shape index (κ3) is 3.76. The van der Waals surface area contributed by atoms with Crippen molar-refractivity contribution in [3.05, 3.63) is 41.0 Å². The van der Waals surface area contributed by atoms with E-state index in [-0.39, 0.29) is 4.35 Å². The van der Waals surface area contributed by atoms with Gasteiger partial charge in [-0.05, 0) is 0 Å². The normalized spacial score (nSPS) is 17.5. The van der Waals surface area contributed by atoms with Crippen LogP contribution in [0.3, 0.4) is 0 Å². The number of fused-ring (bicyclic) bond motifs is 3. The van der Waals surface area contributed by atoms with Crippen molar-refractivity contribution in [3.8, 4) is 0 Å². The van der Waals surface area contributed by atoms with E-state index in [0.717, 1.165) is 41.0 Å². The van der Waals surface area contributed by atoms with Crippen LogP contribution in [-0.4, -0.2) is 32.3 Å². The van der Waals surface area contributed by atoms with Gasteiger partial charge in [0.15, 0.2) is 0 Å². The summed E-state index contributed by atoms with van der Waals surface area (Å²) in [6.07, 6.45) is 4.84. The molecule has 1 unspecified atom stereocenters. The first-order valence-electron chi connectivity index (χ1n) is 9.31. The first kappa shape index (κ1) is 19.6. The number of nitrogens with zero attached hydrogens (tertiary/aromatic N) is 2. The molecule has 0 aliphatic heterocycles. The first-order valence-corrected chi connectivity index (χ1v) is 13.5. The van der Waals surface area contributed by atoms with Gasteiger partial charge in [-0.1, -0.05) is 20.8 Å². The van der Waals surface area contributed by atoms with Gasteiger partial charge in [-0.15, -0.1) is 0 Å². The maximum absolute atomic E-state index is 11.4. The molecule has 1 aromatic carbocycles. The van der Waals surface area contributed by atoms with E-state index in [4.69, 9.17) is 0 Å². The summed E-state index contributed by atoms with van der Waals surface area (Å²) in [6, 6.07) is 6.30. The van der Waals surface area contributed by atoms with Crippen molar-refractivity contribution in [1.82, 2.24) is 9.97 Å². The summed E-state index contributed by atoms with van der Waals surface area (Å²) in [5, 5.41) is 4.39. The van der Waals surface area contributed by atoms with E-state index in [1.165, 1.54) is 22.6 Å². The zero-order valence-electron chi connectivity index (χ0n) is 16.1. The van der Waals surface area contributed by atoms with Crippen molar-refractivity contribution in [2.45, 2.75) is 40.0 Å². The molecule has 1 atom stereocenters. The Balaban J connectivity index is 1.68. The van der Waals surface area contributed by atoms with E-state index in [2.05, 4.69) is 36.1 Å². The van der Waals surface area contributed by atoms with Crippen molar-refractivity contribution in [2.24, 2.45) is 11.3 Å². The Morgan fingerprint density at radius 2 is 1.89 bits per heavy atom. The summed E-state index contributed by atoms with van der Waals surface area (Å²) in [7, 11) is 0. The monoisotopic (exact) mass is 461 g/mol. The number of hydrogen-bond donors (Lipinski definition) is 3. The molecule has 0 radical (unpaired) electrons. The number of anilines is 2. The fourth-order valence-electron chi connectivity index (χ4n) is 3.82. The minimum absolute atomic E-state index is 0.0673. The zero-order valence-corrected chi connectivity index (χ0v) is 18.8. The van der Waals surface area contributed by atoms with Gasteiger partial charge in [0.05, 0.1) is 0 Å². The van der Waals surface area contributed by atoms with Gasteiger partial charge in [0, 0.05) is 0 Å². The zero-order chi connectivity index (χ0) is 20.1. The van der Waals surface area contributed by atoms with Crippen molar-refractivity contribution < 1.29 is 11.9 Å². The molecule has 0 saturated carbocycles. The average Bonchev–Trinajstić information content (AvgIpc) is 2.99. The van der Waals surface area contributed by atoms with Crippen LogP contribution in [0.15, 0.2) is 30.6 Å². The molecule has 148 valence electrons. The molecule has 0 saturated heterocycles. The van der Waals surface area contributed by atoms with Crippen LogP contribution in [0.1, 0.15) is 37.6 Å². The number of nitrogens with one attached hydrogen (secondary N) is 1. The Hall–Kier alpha value is -1.66. The van der Waals surface area contributed by atoms with Crippen molar-refractivity contribution >= 4 is 51.6 Å². The SMILES string of the molecule is CC(C)(C)C1CCc2c(sc3ncnc(Nc4ccc([As](=O)(O)O)cc4)c23)C1. The fourth-order valence-corrected chi connectivity index (χ4v) is 6.21. The van der Waals surface area contributed by atoms with Gasteiger partial charge in [0.2, 0.25) is 0 Å². The number of hydrogen-bond acceptors (Lipinski definition) is 5. The van der Waals surface area contributed by atoms with E-state index < -0.39 is 14.2 Å². The summed E-state index contributed by atoms with van der Waals surface area (Å²) in [4.78, 5) is 11.3. The molecule has 1 aliphatic rings. The van der Waals surface area contributed by atoms with E-state index in [9.17, 15) is 11.9 Å². The van der Waals surface area contributed by atoms with Crippen LogP contribution in [0.4, 0.5) is 11.5 Å². The summed E-state index contributed by atoms with van der Waals surface area (Å²) < 4.78 is 30.1. The number of benzene rings is 1. The molecule has 8 heteroatoms. The fraction of sp³-hybridized carbons (Fsp3) is 0.400. The standard InChI is InChI=1S/C20H24AsN3O3S/c1-20(2,3)12-4-9-15-16(10-12)28-19-17(15)18(22-11-23-19)24-14-7-5-13(6-8-14)21(25,26)27/h5-8,11-12H,4,9-10H2,1-3H3,(H,22,23,24)(H2,25,26,27). The Morgan fingerprint density at radius 3 is 2.54 bits per heavy atom. The van der Waals surface area contributed by atoms with Crippen LogP contribution in [0.25, 0.3) is 10.2 Å². The first-order chi connectivity index (χ1) is 13.1. The van der Waals surface area contributed by atoms with Gasteiger partial charge in [-0.2, -0.15) is 0 Å². The van der Waals surface area contributed by atoms with Gasteiger partial charge < -0.3 is 0 Å². The van der Waals surface area contributed by atoms with E-state index in [0.29, 0.717) is 11.3 Å². The molecule has 2 heterocycles. The molecule has 3 N–H and O–H groups in total. The number of aryl methyl sites for hydroxylation is 1. The second-order valence-electron chi connectivity index (χ2n) is 8.43. The van der Waals surface area contributed by atoms with Crippen LogP contribution in [0, 0.1) is 11.3 Å². The van der Waals surface area contributed by atoms with Crippen LogP contribution in [-0.2, 0) is 16.6 Å². The predicted octanol–water partition coefficient (Wildman–Crippen LogP) is 3.15. The van der Waals surface area contributed by atoms with Crippen LogP contribution in [0.5, 0.6) is 0 Å². The molecule has 6 nitrogen and oxygen atoms in total. The molecule has 0 fully saturated rings. The van der Waals surface area contributed by atoms with E-state index in [1.54, 1.807) is 29.8 Å². The van der Waals surface area contributed by atoms with Crippen LogP contribution in [0.2, 0.25) is 0 Å². The summed E-state index contributed by atoms with van der Waals surface area (Å²) in [6.45, 7) is 6.93. The quantitative estimate of drug-likeness (QED) is 0.519. The van der Waals surface area contributed by atoms with Gasteiger partial charge in [-0.25, -0.2) is 0 Å². The Kier molecular flexibility index (Phi) is 4.90. The summed E-state index contributed by atoms with van der Waals surface area (Å²) in [5.74, 6) is 1.42. The molecular weight excluding hydrogens is 437 g/mol. The predicted molar refractivity (Wildman–Crippen MR) is 113 cm³/mol. The van der Waals surface area contributed by atoms with Crippen LogP contribution >= 0.6 is 11.3 Å². The Labute approximate surface area is 171 Å². The van der Waals surface area contributed by atoms with Gasteiger partial charge in [-0.3, -0.25) is 0 Å². The molecule has 3 aromatic rings. The van der Waals surface area contributed by atoms with Crippen molar-refractivity contribution in [2.75, 3.05) is 5.32 Å². The van der Waals surface area contributed by atoms with E-state index >= 15 is 0 Å².